The van der Waals surface area contributed by atoms with Gasteiger partial charge in [-0.05, 0) is 37.0 Å². The average Bonchev–Trinajstić information content (AvgIpc) is 3.01. The zero-order valence-corrected chi connectivity index (χ0v) is 11.8. The Bertz CT molecular complexity index is 581. The molecule has 110 valence electrons. The highest BCUT2D eigenvalue weighted by molar-refractivity contribution is 5.92. The standard InChI is InChI=1S/C16H19N3O2/c17-7-11-2-1-3-13(6-11)18-16(21)10-19-8-12-4-5-15(20)14(12)9-19/h1-3,6,12,14-15,20H,4-5,8-10H2,(H,18,21). The Labute approximate surface area is 124 Å². The van der Waals surface area contributed by atoms with Crippen LogP contribution in [0.25, 0.3) is 0 Å². The van der Waals surface area contributed by atoms with Gasteiger partial charge in [0.2, 0.25) is 5.91 Å². The molecule has 21 heavy (non-hydrogen) atoms. The molecule has 0 bridgehead atoms. The number of carbonyl (C=O) groups is 1. The first-order valence-corrected chi connectivity index (χ1v) is 7.36. The maximum Gasteiger partial charge on any atom is 0.238 e. The fraction of sp³-hybridized carbons (Fsp3) is 0.500. The van der Waals surface area contributed by atoms with E-state index in [1.54, 1.807) is 24.3 Å². The number of hydrogen-bond acceptors (Lipinski definition) is 4. The lowest BCUT2D eigenvalue weighted by molar-refractivity contribution is -0.117. The smallest absolute Gasteiger partial charge is 0.238 e. The van der Waals surface area contributed by atoms with Crippen LogP contribution in [0.15, 0.2) is 24.3 Å². The van der Waals surface area contributed by atoms with Crippen molar-refractivity contribution in [3.63, 3.8) is 0 Å². The molecule has 2 aliphatic rings. The third kappa shape index (κ3) is 3.07. The second kappa shape index (κ2) is 5.84. The molecule has 0 aromatic heterocycles. The lowest BCUT2D eigenvalue weighted by Crippen LogP contribution is -2.33. The number of aliphatic hydroxyl groups excluding tert-OH is 1. The Morgan fingerprint density at radius 2 is 2.29 bits per heavy atom. The summed E-state index contributed by atoms with van der Waals surface area (Å²) in [6.45, 7) is 2.04. The first-order valence-electron chi connectivity index (χ1n) is 7.36. The highest BCUT2D eigenvalue weighted by Crippen LogP contribution is 2.37. The third-order valence-corrected chi connectivity index (χ3v) is 4.54. The van der Waals surface area contributed by atoms with E-state index in [1.165, 1.54) is 0 Å². The number of fused-ring (bicyclic) bond motifs is 1. The summed E-state index contributed by atoms with van der Waals surface area (Å²) in [6, 6.07) is 8.96. The van der Waals surface area contributed by atoms with Crippen molar-refractivity contribution < 1.29 is 9.90 Å². The Morgan fingerprint density at radius 3 is 3.05 bits per heavy atom. The molecule has 1 heterocycles. The van der Waals surface area contributed by atoms with Crippen molar-refractivity contribution in [2.75, 3.05) is 25.0 Å². The van der Waals surface area contributed by atoms with Gasteiger partial charge >= 0.3 is 0 Å². The molecule has 3 atom stereocenters. The first kappa shape index (κ1) is 14.1. The molecule has 5 heteroatoms. The molecule has 1 saturated carbocycles. The van der Waals surface area contributed by atoms with Crippen molar-refractivity contribution in [1.82, 2.24) is 4.90 Å². The molecule has 0 radical (unpaired) electrons. The topological polar surface area (TPSA) is 76.4 Å². The van der Waals surface area contributed by atoms with Gasteiger partial charge in [-0.15, -0.1) is 0 Å². The van der Waals surface area contributed by atoms with E-state index in [0.717, 1.165) is 25.9 Å². The van der Waals surface area contributed by atoms with Crippen molar-refractivity contribution in [2.24, 2.45) is 11.8 Å². The number of rotatable bonds is 3. The number of anilines is 1. The number of aliphatic hydroxyl groups is 1. The number of nitrogens with one attached hydrogen (secondary N) is 1. The van der Waals surface area contributed by atoms with Crippen molar-refractivity contribution in [2.45, 2.75) is 18.9 Å². The minimum absolute atomic E-state index is 0.0699. The van der Waals surface area contributed by atoms with E-state index >= 15 is 0 Å². The Hall–Kier alpha value is -1.90. The molecule has 1 aromatic rings. The number of nitriles is 1. The van der Waals surface area contributed by atoms with Gasteiger partial charge in [-0.2, -0.15) is 5.26 Å². The van der Waals surface area contributed by atoms with Crippen molar-refractivity contribution in [3.8, 4) is 6.07 Å². The zero-order chi connectivity index (χ0) is 14.8. The number of hydrogen-bond donors (Lipinski definition) is 2. The highest BCUT2D eigenvalue weighted by atomic mass is 16.3. The SMILES string of the molecule is N#Cc1cccc(NC(=O)CN2CC3CCC(O)C3C2)c1. The average molecular weight is 285 g/mol. The van der Waals surface area contributed by atoms with Crippen LogP contribution in [0.1, 0.15) is 18.4 Å². The third-order valence-electron chi connectivity index (χ3n) is 4.54. The van der Waals surface area contributed by atoms with Crippen molar-refractivity contribution in [3.05, 3.63) is 29.8 Å². The fourth-order valence-electron chi connectivity index (χ4n) is 3.53. The van der Waals surface area contributed by atoms with Crippen LogP contribution in [0.4, 0.5) is 5.69 Å². The lowest BCUT2D eigenvalue weighted by Gasteiger charge is -2.17. The van der Waals surface area contributed by atoms with Crippen LogP contribution in [0.3, 0.4) is 0 Å². The van der Waals surface area contributed by atoms with Gasteiger partial charge in [-0.3, -0.25) is 9.69 Å². The van der Waals surface area contributed by atoms with Crippen molar-refractivity contribution >= 4 is 11.6 Å². The van der Waals surface area contributed by atoms with E-state index in [1.807, 2.05) is 0 Å². The van der Waals surface area contributed by atoms with Crippen LogP contribution in [0.5, 0.6) is 0 Å². The zero-order valence-electron chi connectivity index (χ0n) is 11.8. The van der Waals surface area contributed by atoms with Crippen molar-refractivity contribution in [1.29, 1.82) is 5.26 Å². The van der Waals surface area contributed by atoms with Gasteiger partial charge in [0.25, 0.3) is 0 Å². The lowest BCUT2D eigenvalue weighted by atomic mass is 10.00. The summed E-state index contributed by atoms with van der Waals surface area (Å²) < 4.78 is 0. The summed E-state index contributed by atoms with van der Waals surface area (Å²) in [4.78, 5) is 14.2. The molecule has 0 spiro atoms. The van der Waals surface area contributed by atoms with E-state index in [9.17, 15) is 9.90 Å². The molecule has 2 fully saturated rings. The predicted octanol–water partition coefficient (Wildman–Crippen LogP) is 1.20. The maximum absolute atomic E-state index is 12.1. The largest absolute Gasteiger partial charge is 0.393 e. The molecule has 1 amide bonds. The van der Waals surface area contributed by atoms with E-state index in [2.05, 4.69) is 16.3 Å². The van der Waals surface area contributed by atoms with Crippen LogP contribution < -0.4 is 5.32 Å². The summed E-state index contributed by atoms with van der Waals surface area (Å²) in [6.07, 6.45) is 1.76. The van der Waals surface area contributed by atoms with Crippen LogP contribution >= 0.6 is 0 Å². The van der Waals surface area contributed by atoms with Gasteiger partial charge < -0.3 is 10.4 Å². The molecule has 3 unspecified atom stereocenters. The van der Waals surface area contributed by atoms with Gasteiger partial charge in [0.05, 0.1) is 24.3 Å². The second-order valence-corrected chi connectivity index (χ2v) is 6.00. The summed E-state index contributed by atoms with van der Waals surface area (Å²) in [5.74, 6) is 0.800. The number of nitrogens with zero attached hydrogens (tertiary/aromatic N) is 2. The molecule has 1 aliphatic carbocycles. The molecule has 3 rings (SSSR count). The molecule has 1 aliphatic heterocycles. The number of likely N-dealkylation sites (tertiary alicyclic amines) is 1. The second-order valence-electron chi connectivity index (χ2n) is 6.00. The van der Waals surface area contributed by atoms with Gasteiger partial charge in [-0.1, -0.05) is 6.07 Å². The number of benzene rings is 1. The summed E-state index contributed by atoms with van der Waals surface area (Å²) in [5.41, 5.74) is 1.19. The normalized spacial score (nSPS) is 28.1. The summed E-state index contributed by atoms with van der Waals surface area (Å²) in [7, 11) is 0. The molecular weight excluding hydrogens is 266 g/mol. The molecule has 5 nitrogen and oxygen atoms in total. The number of carbonyl (C=O) groups excluding carboxylic acids is 1. The van der Waals surface area contributed by atoms with Gasteiger partial charge in [0.1, 0.15) is 0 Å². The molecule has 1 aromatic carbocycles. The molecular formula is C16H19N3O2. The summed E-state index contributed by atoms with van der Waals surface area (Å²) in [5, 5.41) is 21.6. The Morgan fingerprint density at radius 1 is 1.43 bits per heavy atom. The molecule has 1 saturated heterocycles. The van der Waals surface area contributed by atoms with E-state index < -0.39 is 0 Å². The van der Waals surface area contributed by atoms with E-state index in [4.69, 9.17) is 5.26 Å². The maximum atomic E-state index is 12.1. The first-order chi connectivity index (χ1) is 10.2. The summed E-state index contributed by atoms with van der Waals surface area (Å²) >= 11 is 0. The van der Waals surface area contributed by atoms with Crippen LogP contribution in [-0.4, -0.2) is 41.7 Å². The number of amides is 1. The minimum Gasteiger partial charge on any atom is -0.393 e. The van der Waals surface area contributed by atoms with Crippen LogP contribution in [0.2, 0.25) is 0 Å². The predicted molar refractivity (Wildman–Crippen MR) is 78.4 cm³/mol. The Balaban J connectivity index is 1.54. The van der Waals surface area contributed by atoms with Gasteiger partial charge in [0, 0.05) is 24.7 Å². The van der Waals surface area contributed by atoms with Crippen LogP contribution in [-0.2, 0) is 4.79 Å². The Kier molecular flexibility index (Phi) is 3.91. The minimum atomic E-state index is -0.199. The highest BCUT2D eigenvalue weighted by Gasteiger charge is 2.41. The van der Waals surface area contributed by atoms with E-state index in [0.29, 0.717) is 29.6 Å². The van der Waals surface area contributed by atoms with Gasteiger partial charge in [-0.25, -0.2) is 0 Å². The monoisotopic (exact) mass is 285 g/mol. The molecule has 2 N–H and O–H groups in total. The fourth-order valence-corrected chi connectivity index (χ4v) is 3.53. The van der Waals surface area contributed by atoms with Crippen LogP contribution in [0, 0.1) is 23.2 Å². The quantitative estimate of drug-likeness (QED) is 0.875. The van der Waals surface area contributed by atoms with E-state index in [-0.39, 0.29) is 12.0 Å². The van der Waals surface area contributed by atoms with Gasteiger partial charge in [0.15, 0.2) is 0 Å².